The van der Waals surface area contributed by atoms with Gasteiger partial charge in [0.25, 0.3) is 0 Å². The molecular formula is C11H8Cl. The molecule has 0 unspecified atom stereocenters. The fraction of sp³-hybridized carbons (Fsp3) is 0.0909. The number of fused-ring (bicyclic) bond motifs is 1. The van der Waals surface area contributed by atoms with Crippen LogP contribution >= 0.6 is 11.6 Å². The molecule has 59 valence electrons. The molecule has 0 aliphatic rings. The molecule has 0 heterocycles. The maximum absolute atomic E-state index is 5.84. The zero-order valence-corrected chi connectivity index (χ0v) is 7.52. The summed E-state index contributed by atoms with van der Waals surface area (Å²) in [5.41, 5.74) is 1.16. The van der Waals surface area contributed by atoms with Crippen molar-refractivity contribution in [3.05, 3.63) is 47.0 Å². The molecule has 0 bridgehead atoms. The van der Waals surface area contributed by atoms with E-state index in [0.29, 0.717) is 0 Å². The van der Waals surface area contributed by atoms with Crippen molar-refractivity contribution < 1.29 is 0 Å². The lowest BCUT2D eigenvalue weighted by Crippen LogP contribution is -1.75. The highest BCUT2D eigenvalue weighted by Crippen LogP contribution is 2.19. The average Bonchev–Trinajstić information content (AvgIpc) is 2.05. The Morgan fingerprint density at radius 3 is 2.83 bits per heavy atom. The van der Waals surface area contributed by atoms with Gasteiger partial charge in [0.15, 0.2) is 0 Å². The molecule has 0 aliphatic carbocycles. The van der Waals surface area contributed by atoms with E-state index in [9.17, 15) is 0 Å². The molecule has 0 N–H and O–H groups in total. The third-order valence-corrected chi connectivity index (χ3v) is 2.09. The highest BCUT2D eigenvalue weighted by molar-refractivity contribution is 6.31. The molecule has 0 aromatic heterocycles. The van der Waals surface area contributed by atoms with Crippen LogP contribution in [-0.2, 0) is 0 Å². The number of benzene rings is 2. The molecule has 0 nitrogen and oxygen atoms in total. The minimum atomic E-state index is 0.778. The molecule has 0 atom stereocenters. The first kappa shape index (κ1) is 7.63. The fourth-order valence-electron chi connectivity index (χ4n) is 1.25. The first-order chi connectivity index (χ1) is 5.75. The molecule has 1 radical (unpaired) electrons. The maximum atomic E-state index is 5.84. The molecule has 2 aromatic rings. The van der Waals surface area contributed by atoms with Gasteiger partial charge in [0.05, 0.1) is 0 Å². The Morgan fingerprint density at radius 1 is 1.17 bits per heavy atom. The van der Waals surface area contributed by atoms with Crippen molar-refractivity contribution >= 4 is 22.4 Å². The second-order valence-electron chi connectivity index (χ2n) is 2.87. The monoisotopic (exact) mass is 175 g/mol. The Morgan fingerprint density at radius 2 is 2.00 bits per heavy atom. The molecular weight excluding hydrogens is 168 g/mol. The van der Waals surface area contributed by atoms with Gasteiger partial charge in [-0.2, -0.15) is 0 Å². The van der Waals surface area contributed by atoms with E-state index in [0.717, 1.165) is 21.4 Å². The zero-order valence-electron chi connectivity index (χ0n) is 6.76. The molecule has 1 heteroatoms. The van der Waals surface area contributed by atoms with Gasteiger partial charge in [-0.3, -0.25) is 0 Å². The largest absolute Gasteiger partial charge is 0.0843 e. The van der Waals surface area contributed by atoms with Crippen LogP contribution in [0.3, 0.4) is 0 Å². The summed E-state index contributed by atoms with van der Waals surface area (Å²) >= 11 is 5.84. The van der Waals surface area contributed by atoms with Crippen LogP contribution in [-0.4, -0.2) is 0 Å². The zero-order chi connectivity index (χ0) is 8.55. The second-order valence-corrected chi connectivity index (χ2v) is 3.31. The Labute approximate surface area is 76.8 Å². The normalized spacial score (nSPS) is 10.5. The smallest absolute Gasteiger partial charge is 0.0412 e. The Bertz CT molecular complexity index is 377. The van der Waals surface area contributed by atoms with E-state index >= 15 is 0 Å². The average molecular weight is 176 g/mol. The summed E-state index contributed by atoms with van der Waals surface area (Å²) in [5.74, 6) is 0. The van der Waals surface area contributed by atoms with Crippen LogP contribution in [0.1, 0.15) is 5.56 Å². The van der Waals surface area contributed by atoms with Crippen LogP contribution in [0, 0.1) is 13.0 Å². The number of hydrogen-bond donors (Lipinski definition) is 0. The molecule has 0 amide bonds. The first-order valence-electron chi connectivity index (χ1n) is 3.84. The number of hydrogen-bond acceptors (Lipinski definition) is 0. The van der Waals surface area contributed by atoms with Crippen molar-refractivity contribution in [3.8, 4) is 0 Å². The van der Waals surface area contributed by atoms with Crippen molar-refractivity contribution in [2.75, 3.05) is 0 Å². The SMILES string of the molecule is Cc1[c]c2ccc(Cl)cc2cc1. The highest BCUT2D eigenvalue weighted by atomic mass is 35.5. The molecule has 0 spiro atoms. The lowest BCUT2D eigenvalue weighted by molar-refractivity contribution is 1.49. The van der Waals surface area contributed by atoms with Crippen LogP contribution in [0.25, 0.3) is 10.8 Å². The predicted molar refractivity (Wildman–Crippen MR) is 52.5 cm³/mol. The van der Waals surface area contributed by atoms with E-state index in [1.165, 1.54) is 0 Å². The predicted octanol–water partition coefficient (Wildman–Crippen LogP) is 3.60. The van der Waals surface area contributed by atoms with Gasteiger partial charge in [0, 0.05) is 5.02 Å². The van der Waals surface area contributed by atoms with Crippen LogP contribution in [0.4, 0.5) is 0 Å². The Hall–Kier alpha value is -1.01. The summed E-state index contributed by atoms with van der Waals surface area (Å²) in [7, 11) is 0. The summed E-state index contributed by atoms with van der Waals surface area (Å²) in [6, 6.07) is 13.2. The van der Waals surface area contributed by atoms with Crippen molar-refractivity contribution in [1.82, 2.24) is 0 Å². The molecule has 0 saturated carbocycles. The lowest BCUT2D eigenvalue weighted by Gasteiger charge is -1.98. The van der Waals surface area contributed by atoms with Gasteiger partial charge in [0.2, 0.25) is 0 Å². The van der Waals surface area contributed by atoms with E-state index in [1.54, 1.807) is 0 Å². The van der Waals surface area contributed by atoms with Crippen LogP contribution in [0.2, 0.25) is 5.02 Å². The summed E-state index contributed by atoms with van der Waals surface area (Å²) < 4.78 is 0. The number of aryl methyl sites for hydroxylation is 1. The number of halogens is 1. The first-order valence-corrected chi connectivity index (χ1v) is 4.22. The van der Waals surface area contributed by atoms with Crippen LogP contribution in [0.5, 0.6) is 0 Å². The van der Waals surface area contributed by atoms with Gasteiger partial charge in [0.1, 0.15) is 0 Å². The van der Waals surface area contributed by atoms with Crippen molar-refractivity contribution in [2.24, 2.45) is 0 Å². The minimum absolute atomic E-state index is 0.778. The molecule has 2 aromatic carbocycles. The quantitative estimate of drug-likeness (QED) is 0.574. The van der Waals surface area contributed by atoms with Crippen molar-refractivity contribution in [1.29, 1.82) is 0 Å². The van der Waals surface area contributed by atoms with Gasteiger partial charge < -0.3 is 0 Å². The minimum Gasteiger partial charge on any atom is -0.0843 e. The summed E-state index contributed by atoms with van der Waals surface area (Å²) in [6.45, 7) is 2.04. The van der Waals surface area contributed by atoms with Crippen molar-refractivity contribution in [3.63, 3.8) is 0 Å². The molecule has 2 rings (SSSR count). The van der Waals surface area contributed by atoms with Gasteiger partial charge in [-0.15, -0.1) is 0 Å². The van der Waals surface area contributed by atoms with Gasteiger partial charge >= 0.3 is 0 Å². The number of rotatable bonds is 0. The fourth-order valence-corrected chi connectivity index (χ4v) is 1.43. The third kappa shape index (κ3) is 1.30. The molecule has 0 saturated heterocycles. The van der Waals surface area contributed by atoms with E-state index in [-0.39, 0.29) is 0 Å². The molecule has 0 aliphatic heterocycles. The van der Waals surface area contributed by atoms with Crippen LogP contribution in [0.15, 0.2) is 30.3 Å². The van der Waals surface area contributed by atoms with Gasteiger partial charge in [-0.1, -0.05) is 29.8 Å². The highest BCUT2D eigenvalue weighted by Gasteiger charge is 1.94. The van der Waals surface area contributed by atoms with E-state index in [4.69, 9.17) is 11.6 Å². The standard InChI is InChI=1S/C11H8Cl/c1-8-2-3-10-7-11(12)5-4-9(10)6-8/h2-5,7H,1H3. The molecule has 12 heavy (non-hydrogen) atoms. The molecule has 0 fully saturated rings. The lowest BCUT2D eigenvalue weighted by atomic mass is 10.1. The van der Waals surface area contributed by atoms with Crippen LogP contribution < -0.4 is 0 Å². The summed E-state index contributed by atoms with van der Waals surface area (Å²) in [6.07, 6.45) is 0. The topological polar surface area (TPSA) is 0 Å². The Kier molecular flexibility index (Phi) is 1.78. The van der Waals surface area contributed by atoms with E-state index in [2.05, 4.69) is 12.1 Å². The van der Waals surface area contributed by atoms with E-state index in [1.807, 2.05) is 31.2 Å². The van der Waals surface area contributed by atoms with Gasteiger partial charge in [-0.25, -0.2) is 0 Å². The summed E-state index contributed by atoms with van der Waals surface area (Å²) in [4.78, 5) is 0. The Balaban J connectivity index is 2.79. The third-order valence-electron chi connectivity index (χ3n) is 1.86. The maximum Gasteiger partial charge on any atom is 0.0412 e. The second kappa shape index (κ2) is 2.80. The van der Waals surface area contributed by atoms with Crippen molar-refractivity contribution in [2.45, 2.75) is 6.92 Å². The summed E-state index contributed by atoms with van der Waals surface area (Å²) in [5, 5.41) is 3.05. The van der Waals surface area contributed by atoms with E-state index < -0.39 is 0 Å². The van der Waals surface area contributed by atoms with Gasteiger partial charge in [-0.05, 0) is 41.5 Å².